The van der Waals surface area contributed by atoms with Crippen LogP contribution < -0.4 is 15.4 Å². The zero-order valence-corrected chi connectivity index (χ0v) is 14.8. The number of aliphatic imine (C=N–C) groups is 1. The summed E-state index contributed by atoms with van der Waals surface area (Å²) in [6, 6.07) is 0.505. The van der Waals surface area contributed by atoms with Crippen molar-refractivity contribution < 1.29 is 8.42 Å². The predicted octanol–water partition coefficient (Wildman–Crippen LogP) is 0.651. The molecule has 0 amide bonds. The minimum atomic E-state index is -3.12. The number of halogens is 1. The van der Waals surface area contributed by atoms with E-state index in [9.17, 15) is 8.42 Å². The third-order valence-corrected chi connectivity index (χ3v) is 3.51. The number of nitrogens with zero attached hydrogens (tertiary/aromatic N) is 1. The molecule has 0 saturated heterocycles. The molecule has 0 aromatic carbocycles. The highest BCUT2D eigenvalue weighted by atomic mass is 127. The van der Waals surface area contributed by atoms with E-state index < -0.39 is 10.0 Å². The number of nitrogens with one attached hydrogen (secondary N) is 3. The molecule has 0 aromatic heterocycles. The molecule has 0 atom stereocenters. The lowest BCUT2D eigenvalue weighted by Crippen LogP contribution is -2.42. The summed E-state index contributed by atoms with van der Waals surface area (Å²) in [6.45, 7) is 3.59. The first-order valence-corrected chi connectivity index (χ1v) is 8.40. The van der Waals surface area contributed by atoms with Crippen molar-refractivity contribution in [1.82, 2.24) is 15.4 Å². The fraction of sp³-hybridized carbons (Fsp3) is 0.909. The molecule has 6 nitrogen and oxygen atoms in total. The minimum absolute atomic E-state index is 0. The second-order valence-electron chi connectivity index (χ2n) is 4.55. The molecule has 19 heavy (non-hydrogen) atoms. The van der Waals surface area contributed by atoms with Gasteiger partial charge in [0, 0.05) is 19.1 Å². The van der Waals surface area contributed by atoms with Gasteiger partial charge in [-0.25, -0.2) is 13.1 Å². The van der Waals surface area contributed by atoms with Crippen LogP contribution in [0, 0.1) is 0 Å². The van der Waals surface area contributed by atoms with Crippen LogP contribution in [0.5, 0.6) is 0 Å². The van der Waals surface area contributed by atoms with Crippen LogP contribution in [0.25, 0.3) is 0 Å². The van der Waals surface area contributed by atoms with E-state index in [4.69, 9.17) is 0 Å². The molecule has 0 unspecified atom stereocenters. The summed E-state index contributed by atoms with van der Waals surface area (Å²) in [5, 5.41) is 6.54. The molecule has 3 N–H and O–H groups in total. The summed E-state index contributed by atoms with van der Waals surface area (Å²) in [7, 11) is -3.12. The van der Waals surface area contributed by atoms with Gasteiger partial charge in [-0.15, -0.1) is 24.0 Å². The van der Waals surface area contributed by atoms with Gasteiger partial charge in [0.2, 0.25) is 10.0 Å². The molecule has 0 bridgehead atoms. The van der Waals surface area contributed by atoms with Gasteiger partial charge in [-0.1, -0.05) is 12.8 Å². The van der Waals surface area contributed by atoms with Crippen molar-refractivity contribution in [1.29, 1.82) is 0 Å². The lowest BCUT2D eigenvalue weighted by molar-refractivity contribution is 0.587. The van der Waals surface area contributed by atoms with Gasteiger partial charge in [0.1, 0.15) is 0 Å². The van der Waals surface area contributed by atoms with Gasteiger partial charge < -0.3 is 10.6 Å². The third kappa shape index (κ3) is 9.44. The molecule has 1 rings (SSSR count). The van der Waals surface area contributed by atoms with Crippen LogP contribution in [-0.4, -0.2) is 46.3 Å². The highest BCUT2D eigenvalue weighted by Gasteiger charge is 2.15. The van der Waals surface area contributed by atoms with Gasteiger partial charge in [-0.2, -0.15) is 0 Å². The average molecular weight is 404 g/mol. The highest BCUT2D eigenvalue weighted by molar-refractivity contribution is 14.0. The van der Waals surface area contributed by atoms with E-state index in [1.165, 1.54) is 25.7 Å². The van der Waals surface area contributed by atoms with Crippen molar-refractivity contribution in [2.24, 2.45) is 4.99 Å². The van der Waals surface area contributed by atoms with Crippen molar-refractivity contribution in [3.8, 4) is 0 Å². The maximum absolute atomic E-state index is 10.9. The van der Waals surface area contributed by atoms with Crippen molar-refractivity contribution in [2.75, 3.05) is 25.9 Å². The first-order chi connectivity index (χ1) is 8.51. The highest BCUT2D eigenvalue weighted by Crippen LogP contribution is 2.17. The van der Waals surface area contributed by atoms with Crippen LogP contribution in [0.3, 0.4) is 0 Å². The summed E-state index contributed by atoms with van der Waals surface area (Å²) >= 11 is 0. The number of hydrogen-bond acceptors (Lipinski definition) is 3. The van der Waals surface area contributed by atoms with Crippen LogP contribution in [0.1, 0.15) is 32.6 Å². The molecule has 8 heteroatoms. The Morgan fingerprint density at radius 2 is 1.95 bits per heavy atom. The predicted molar refractivity (Wildman–Crippen MR) is 89.6 cm³/mol. The topological polar surface area (TPSA) is 82.6 Å². The quantitative estimate of drug-likeness (QED) is 0.263. The van der Waals surface area contributed by atoms with Gasteiger partial charge in [-0.05, 0) is 19.8 Å². The molecule has 0 heterocycles. The largest absolute Gasteiger partial charge is 0.357 e. The SMILES string of the molecule is CCNC(=NCCNS(C)(=O)=O)NC1CCCC1.I. The van der Waals surface area contributed by atoms with Crippen LogP contribution >= 0.6 is 24.0 Å². The Labute approximate surface area is 133 Å². The molecule has 1 saturated carbocycles. The minimum Gasteiger partial charge on any atom is -0.357 e. The molecule has 0 spiro atoms. The van der Waals surface area contributed by atoms with Crippen LogP contribution in [-0.2, 0) is 10.0 Å². The smallest absolute Gasteiger partial charge is 0.208 e. The first-order valence-electron chi connectivity index (χ1n) is 6.50. The molecule has 114 valence electrons. The molecular weight excluding hydrogens is 379 g/mol. The molecule has 0 radical (unpaired) electrons. The summed E-state index contributed by atoms with van der Waals surface area (Å²) in [5.74, 6) is 0.778. The van der Waals surface area contributed by atoms with E-state index in [1.54, 1.807) is 0 Å². The normalized spacial score (nSPS) is 17.1. The number of sulfonamides is 1. The molecule has 1 aliphatic rings. The molecule has 0 aromatic rings. The van der Waals surface area contributed by atoms with Crippen LogP contribution in [0.4, 0.5) is 0 Å². The monoisotopic (exact) mass is 404 g/mol. The van der Waals surface area contributed by atoms with Crippen molar-refractivity contribution in [2.45, 2.75) is 38.6 Å². The lowest BCUT2D eigenvalue weighted by atomic mass is 10.2. The van der Waals surface area contributed by atoms with E-state index in [0.717, 1.165) is 18.8 Å². The Morgan fingerprint density at radius 3 is 2.47 bits per heavy atom. The Morgan fingerprint density at radius 1 is 1.32 bits per heavy atom. The van der Waals surface area contributed by atoms with Crippen molar-refractivity contribution in [3.63, 3.8) is 0 Å². The maximum Gasteiger partial charge on any atom is 0.208 e. The summed E-state index contributed by atoms with van der Waals surface area (Å²) in [4.78, 5) is 4.35. The third-order valence-electron chi connectivity index (χ3n) is 2.79. The van der Waals surface area contributed by atoms with Crippen molar-refractivity contribution in [3.05, 3.63) is 0 Å². The van der Waals surface area contributed by atoms with Gasteiger partial charge in [-0.3, -0.25) is 4.99 Å². The van der Waals surface area contributed by atoms with E-state index in [2.05, 4.69) is 20.3 Å². The fourth-order valence-electron chi connectivity index (χ4n) is 1.98. The van der Waals surface area contributed by atoms with Crippen LogP contribution in [0.2, 0.25) is 0 Å². The summed E-state index contributed by atoms with van der Waals surface area (Å²) in [5.41, 5.74) is 0. The fourth-order valence-corrected chi connectivity index (χ4v) is 2.44. The summed E-state index contributed by atoms with van der Waals surface area (Å²) in [6.07, 6.45) is 6.07. The van der Waals surface area contributed by atoms with Gasteiger partial charge in [0.05, 0.1) is 12.8 Å². The Bertz CT molecular complexity index is 367. The van der Waals surface area contributed by atoms with Gasteiger partial charge in [0.15, 0.2) is 5.96 Å². The van der Waals surface area contributed by atoms with Crippen LogP contribution in [0.15, 0.2) is 4.99 Å². The Hall–Kier alpha value is -0.0900. The van der Waals surface area contributed by atoms with Gasteiger partial charge >= 0.3 is 0 Å². The molecule has 1 fully saturated rings. The average Bonchev–Trinajstić information content (AvgIpc) is 2.76. The molecule has 1 aliphatic carbocycles. The van der Waals surface area contributed by atoms with E-state index in [0.29, 0.717) is 19.1 Å². The molecule has 0 aliphatic heterocycles. The zero-order valence-electron chi connectivity index (χ0n) is 11.6. The summed E-state index contributed by atoms with van der Waals surface area (Å²) < 4.78 is 24.2. The van der Waals surface area contributed by atoms with E-state index in [-0.39, 0.29) is 24.0 Å². The van der Waals surface area contributed by atoms with E-state index >= 15 is 0 Å². The maximum atomic E-state index is 10.9. The lowest BCUT2D eigenvalue weighted by Gasteiger charge is -2.16. The second-order valence-corrected chi connectivity index (χ2v) is 6.39. The Kier molecular flexibility index (Phi) is 9.71. The number of guanidine groups is 1. The van der Waals surface area contributed by atoms with Crippen molar-refractivity contribution >= 4 is 40.0 Å². The Balaban J connectivity index is 0.00000324. The van der Waals surface area contributed by atoms with E-state index in [1.807, 2.05) is 6.92 Å². The van der Waals surface area contributed by atoms with Gasteiger partial charge in [0.25, 0.3) is 0 Å². The second kappa shape index (κ2) is 9.76. The number of hydrogen-bond donors (Lipinski definition) is 3. The molecular formula is C11H25IN4O2S. The first kappa shape index (κ1) is 18.9. The standard InChI is InChI=1S/C11H24N4O2S.HI/c1-3-12-11(15-10-6-4-5-7-10)13-8-9-14-18(2,16)17;/h10,14H,3-9H2,1-2H3,(H2,12,13,15);1H. The number of rotatable bonds is 6. The zero-order chi connectivity index (χ0) is 13.4.